The topological polar surface area (TPSA) is 95.5 Å². The van der Waals surface area contributed by atoms with Crippen LogP contribution < -0.4 is 10.0 Å². The summed E-state index contributed by atoms with van der Waals surface area (Å²) in [5.74, 6) is -0.284. The van der Waals surface area contributed by atoms with Gasteiger partial charge >= 0.3 is 0 Å². The van der Waals surface area contributed by atoms with E-state index in [4.69, 9.17) is 0 Å². The molecule has 1 aromatic rings. The predicted molar refractivity (Wildman–Crippen MR) is 87.6 cm³/mol. The van der Waals surface area contributed by atoms with E-state index < -0.39 is 10.0 Å². The molecular formula is C16H24N2O4S. The second-order valence-electron chi connectivity index (χ2n) is 6.28. The highest BCUT2D eigenvalue weighted by atomic mass is 32.2. The van der Waals surface area contributed by atoms with E-state index in [0.717, 1.165) is 12.8 Å². The largest absolute Gasteiger partial charge is 0.393 e. The van der Waals surface area contributed by atoms with Crippen LogP contribution in [0.15, 0.2) is 29.2 Å². The van der Waals surface area contributed by atoms with Crippen LogP contribution in [0, 0.1) is 0 Å². The Hall–Kier alpha value is -1.44. The van der Waals surface area contributed by atoms with E-state index in [2.05, 4.69) is 10.0 Å². The van der Waals surface area contributed by atoms with Gasteiger partial charge in [0.25, 0.3) is 5.91 Å². The average Bonchev–Trinajstić information content (AvgIpc) is 2.48. The van der Waals surface area contributed by atoms with Crippen molar-refractivity contribution in [1.82, 2.24) is 10.0 Å². The van der Waals surface area contributed by atoms with Crippen molar-refractivity contribution in [2.24, 2.45) is 0 Å². The molecule has 7 heteroatoms. The number of aliphatic hydroxyl groups excluding tert-OH is 1. The molecule has 23 heavy (non-hydrogen) atoms. The number of hydrogen-bond donors (Lipinski definition) is 3. The number of rotatable bonds is 5. The lowest BCUT2D eigenvalue weighted by molar-refractivity contribution is 0.0867. The number of carbonyl (C=O) groups is 1. The summed E-state index contributed by atoms with van der Waals surface area (Å²) in [6.07, 6.45) is 2.55. The summed E-state index contributed by atoms with van der Waals surface area (Å²) < 4.78 is 26.8. The van der Waals surface area contributed by atoms with Crippen LogP contribution in [0.25, 0.3) is 0 Å². The fourth-order valence-electron chi connectivity index (χ4n) is 2.67. The molecule has 0 aromatic heterocycles. The van der Waals surface area contributed by atoms with Crippen molar-refractivity contribution in [3.8, 4) is 0 Å². The molecule has 0 unspecified atom stereocenters. The molecule has 0 saturated heterocycles. The Morgan fingerprint density at radius 2 is 1.87 bits per heavy atom. The molecule has 0 spiro atoms. The van der Waals surface area contributed by atoms with Crippen LogP contribution in [0.1, 0.15) is 49.9 Å². The summed E-state index contributed by atoms with van der Waals surface area (Å²) in [6.45, 7) is 3.48. The number of hydrogen-bond acceptors (Lipinski definition) is 4. The lowest BCUT2D eigenvalue weighted by atomic mass is 9.93. The number of amides is 1. The number of nitrogens with one attached hydrogen (secondary N) is 2. The van der Waals surface area contributed by atoms with Crippen LogP contribution in [0.4, 0.5) is 0 Å². The highest BCUT2D eigenvalue weighted by molar-refractivity contribution is 7.89. The maximum absolute atomic E-state index is 12.3. The van der Waals surface area contributed by atoms with Gasteiger partial charge in [0.15, 0.2) is 0 Å². The molecule has 0 atom stereocenters. The zero-order valence-electron chi connectivity index (χ0n) is 13.5. The number of benzene rings is 1. The normalized spacial score (nSPS) is 22.1. The molecule has 1 amide bonds. The van der Waals surface area contributed by atoms with Crippen LogP contribution >= 0.6 is 0 Å². The average molecular weight is 340 g/mol. The minimum atomic E-state index is -3.62. The van der Waals surface area contributed by atoms with Crippen molar-refractivity contribution >= 4 is 15.9 Å². The van der Waals surface area contributed by atoms with Gasteiger partial charge in [-0.3, -0.25) is 4.79 Å². The lowest BCUT2D eigenvalue weighted by Crippen LogP contribution is -2.38. The van der Waals surface area contributed by atoms with Gasteiger partial charge in [0, 0.05) is 17.6 Å². The monoisotopic (exact) mass is 340 g/mol. The van der Waals surface area contributed by atoms with Crippen molar-refractivity contribution in [3.63, 3.8) is 0 Å². The molecule has 1 aliphatic rings. The van der Waals surface area contributed by atoms with E-state index in [1.54, 1.807) is 26.0 Å². The third-order valence-corrected chi connectivity index (χ3v) is 5.49. The van der Waals surface area contributed by atoms with Gasteiger partial charge in [0.05, 0.1) is 11.0 Å². The molecule has 0 bridgehead atoms. The molecule has 1 aromatic carbocycles. The molecule has 3 N–H and O–H groups in total. The van der Waals surface area contributed by atoms with E-state index in [9.17, 15) is 18.3 Å². The van der Waals surface area contributed by atoms with Gasteiger partial charge < -0.3 is 10.4 Å². The molecule has 128 valence electrons. The van der Waals surface area contributed by atoms with Crippen molar-refractivity contribution in [1.29, 1.82) is 0 Å². The fraction of sp³-hybridized carbons (Fsp3) is 0.562. The van der Waals surface area contributed by atoms with E-state index in [1.165, 1.54) is 12.1 Å². The standard InChI is InChI=1S/C16H24N2O4S/c1-11(2)18-23(21,22)15-5-3-4-12(10-15)16(20)17-13-6-8-14(19)9-7-13/h3-5,10-11,13-14,18-19H,6-9H2,1-2H3,(H,17,20). The van der Waals surface area contributed by atoms with Gasteiger partial charge in [-0.25, -0.2) is 13.1 Å². The maximum atomic E-state index is 12.3. The summed E-state index contributed by atoms with van der Waals surface area (Å²) in [6, 6.07) is 5.83. The molecule has 1 fully saturated rings. The molecule has 2 rings (SSSR count). The first-order valence-electron chi connectivity index (χ1n) is 7.89. The van der Waals surface area contributed by atoms with Crippen molar-refractivity contribution < 1.29 is 18.3 Å². The summed E-state index contributed by atoms with van der Waals surface area (Å²) in [4.78, 5) is 12.4. The number of carbonyl (C=O) groups excluding carboxylic acids is 1. The third kappa shape index (κ3) is 5.02. The maximum Gasteiger partial charge on any atom is 0.251 e. The molecule has 6 nitrogen and oxygen atoms in total. The predicted octanol–water partition coefficient (Wildman–Crippen LogP) is 1.41. The summed E-state index contributed by atoms with van der Waals surface area (Å²) >= 11 is 0. The Kier molecular flexibility index (Phi) is 5.78. The van der Waals surface area contributed by atoms with E-state index in [0.29, 0.717) is 18.4 Å². The lowest BCUT2D eigenvalue weighted by Gasteiger charge is -2.26. The first kappa shape index (κ1) is 17.9. The Morgan fingerprint density at radius 3 is 2.48 bits per heavy atom. The number of aliphatic hydroxyl groups is 1. The summed E-state index contributed by atoms with van der Waals surface area (Å²) in [7, 11) is -3.62. The minimum Gasteiger partial charge on any atom is -0.393 e. The molecule has 0 heterocycles. The summed E-state index contributed by atoms with van der Waals surface area (Å²) in [5, 5.41) is 12.4. The van der Waals surface area contributed by atoms with Gasteiger partial charge in [-0.05, 0) is 57.7 Å². The van der Waals surface area contributed by atoms with Crippen molar-refractivity contribution in [2.45, 2.75) is 62.6 Å². The smallest absolute Gasteiger partial charge is 0.251 e. The van der Waals surface area contributed by atoms with Crippen molar-refractivity contribution in [2.75, 3.05) is 0 Å². The van der Waals surface area contributed by atoms with Crippen LogP contribution in [0.3, 0.4) is 0 Å². The Balaban J connectivity index is 2.08. The second-order valence-corrected chi connectivity index (χ2v) is 8.00. The SMILES string of the molecule is CC(C)NS(=O)(=O)c1cccc(C(=O)NC2CCC(O)CC2)c1. The first-order valence-corrected chi connectivity index (χ1v) is 9.37. The van der Waals surface area contributed by atoms with Crippen molar-refractivity contribution in [3.05, 3.63) is 29.8 Å². The first-order chi connectivity index (χ1) is 10.8. The zero-order chi connectivity index (χ0) is 17.0. The minimum absolute atomic E-state index is 0.0277. The van der Waals surface area contributed by atoms with Crippen LogP contribution in [-0.4, -0.2) is 37.6 Å². The fourth-order valence-corrected chi connectivity index (χ4v) is 3.97. The van der Waals surface area contributed by atoms with Gasteiger partial charge in [-0.1, -0.05) is 6.07 Å². The third-order valence-electron chi connectivity index (χ3n) is 3.83. The quantitative estimate of drug-likeness (QED) is 0.755. The zero-order valence-corrected chi connectivity index (χ0v) is 14.3. The molecule has 1 saturated carbocycles. The van der Waals surface area contributed by atoms with E-state index >= 15 is 0 Å². The van der Waals surface area contributed by atoms with Gasteiger partial charge in [-0.2, -0.15) is 0 Å². The Labute approximate surface area is 137 Å². The van der Waals surface area contributed by atoms with Gasteiger partial charge in [0.1, 0.15) is 0 Å². The molecule has 1 aliphatic carbocycles. The van der Waals surface area contributed by atoms with Gasteiger partial charge in [-0.15, -0.1) is 0 Å². The molecule has 0 aliphatic heterocycles. The van der Waals surface area contributed by atoms with Crippen LogP contribution in [0.5, 0.6) is 0 Å². The number of sulfonamides is 1. The molecular weight excluding hydrogens is 316 g/mol. The Bertz CT molecular complexity index is 650. The highest BCUT2D eigenvalue weighted by Gasteiger charge is 2.22. The van der Waals surface area contributed by atoms with Crippen LogP contribution in [-0.2, 0) is 10.0 Å². The Morgan fingerprint density at radius 1 is 1.22 bits per heavy atom. The molecule has 0 radical (unpaired) electrons. The highest BCUT2D eigenvalue weighted by Crippen LogP contribution is 2.19. The second kappa shape index (κ2) is 7.42. The van der Waals surface area contributed by atoms with Gasteiger partial charge in [0.2, 0.25) is 10.0 Å². The summed E-state index contributed by atoms with van der Waals surface area (Å²) in [5.41, 5.74) is 0.322. The van der Waals surface area contributed by atoms with Crippen LogP contribution in [0.2, 0.25) is 0 Å². The van der Waals surface area contributed by atoms with E-state index in [1.807, 2.05) is 0 Å². The van der Waals surface area contributed by atoms with E-state index in [-0.39, 0.29) is 29.0 Å².